The minimum Gasteiger partial charge on any atom is -0.444 e. The summed E-state index contributed by atoms with van der Waals surface area (Å²) in [6.45, 7) is 5.57. The molecule has 2 atom stereocenters. The van der Waals surface area contributed by atoms with Crippen molar-refractivity contribution in [3.8, 4) is 0 Å². The minimum atomic E-state index is -0.439. The number of amides is 1. The van der Waals surface area contributed by atoms with E-state index < -0.39 is 5.60 Å². The van der Waals surface area contributed by atoms with Crippen molar-refractivity contribution >= 4 is 6.09 Å². The highest BCUT2D eigenvalue weighted by molar-refractivity contribution is 5.68. The van der Waals surface area contributed by atoms with Crippen molar-refractivity contribution in [2.75, 3.05) is 7.11 Å². The van der Waals surface area contributed by atoms with Crippen LogP contribution < -0.4 is 5.32 Å². The van der Waals surface area contributed by atoms with Crippen LogP contribution in [-0.4, -0.2) is 30.9 Å². The summed E-state index contributed by atoms with van der Waals surface area (Å²) in [4.78, 5) is 11.5. The van der Waals surface area contributed by atoms with Crippen LogP contribution in [0.4, 0.5) is 4.79 Å². The van der Waals surface area contributed by atoms with Gasteiger partial charge in [-0.3, -0.25) is 0 Å². The molecular weight excluding hydrogens is 194 g/mol. The zero-order chi connectivity index (χ0) is 11.5. The maximum absolute atomic E-state index is 11.5. The van der Waals surface area contributed by atoms with Crippen molar-refractivity contribution in [3.63, 3.8) is 0 Å². The lowest BCUT2D eigenvalue weighted by Crippen LogP contribution is -2.43. The molecule has 1 saturated carbocycles. The van der Waals surface area contributed by atoms with Gasteiger partial charge in [0, 0.05) is 7.11 Å². The maximum Gasteiger partial charge on any atom is 0.407 e. The average molecular weight is 215 g/mol. The second kappa shape index (κ2) is 4.84. The molecule has 0 saturated heterocycles. The number of hydrogen-bond donors (Lipinski definition) is 1. The zero-order valence-corrected chi connectivity index (χ0v) is 10.0. The molecule has 0 aliphatic heterocycles. The molecule has 0 aromatic rings. The second-order valence-electron chi connectivity index (χ2n) is 4.96. The number of hydrogen-bond acceptors (Lipinski definition) is 3. The molecule has 0 radical (unpaired) electrons. The average Bonchev–Trinajstić information content (AvgIpc) is 2.48. The van der Waals surface area contributed by atoms with Gasteiger partial charge in [-0.1, -0.05) is 0 Å². The predicted octanol–water partition coefficient (Wildman–Crippen LogP) is 2.08. The quantitative estimate of drug-likeness (QED) is 0.767. The van der Waals surface area contributed by atoms with Crippen LogP contribution in [0.1, 0.15) is 40.0 Å². The van der Waals surface area contributed by atoms with Crippen molar-refractivity contribution in [1.29, 1.82) is 0 Å². The zero-order valence-electron chi connectivity index (χ0n) is 10.0. The number of nitrogens with one attached hydrogen (secondary N) is 1. The van der Waals surface area contributed by atoms with Gasteiger partial charge in [0.05, 0.1) is 12.1 Å². The molecule has 1 fully saturated rings. The Hall–Kier alpha value is -0.770. The van der Waals surface area contributed by atoms with Gasteiger partial charge in [0.15, 0.2) is 0 Å². The van der Waals surface area contributed by atoms with Gasteiger partial charge >= 0.3 is 6.09 Å². The molecular formula is C11H21NO3. The Balaban J connectivity index is 2.37. The number of ether oxygens (including phenoxy) is 2. The van der Waals surface area contributed by atoms with E-state index >= 15 is 0 Å². The first-order valence-electron chi connectivity index (χ1n) is 5.44. The van der Waals surface area contributed by atoms with Crippen molar-refractivity contribution in [2.24, 2.45) is 0 Å². The van der Waals surface area contributed by atoms with E-state index in [9.17, 15) is 4.79 Å². The van der Waals surface area contributed by atoms with E-state index in [1.807, 2.05) is 20.8 Å². The van der Waals surface area contributed by atoms with E-state index in [-0.39, 0.29) is 18.2 Å². The molecule has 1 aliphatic carbocycles. The Morgan fingerprint density at radius 2 is 2.00 bits per heavy atom. The van der Waals surface area contributed by atoms with Gasteiger partial charge in [0.25, 0.3) is 0 Å². The molecule has 1 rings (SSSR count). The molecule has 1 amide bonds. The summed E-state index contributed by atoms with van der Waals surface area (Å²) >= 11 is 0. The maximum atomic E-state index is 11.5. The number of methoxy groups -OCH3 is 1. The smallest absolute Gasteiger partial charge is 0.407 e. The van der Waals surface area contributed by atoms with Crippen molar-refractivity contribution in [3.05, 3.63) is 0 Å². The third kappa shape index (κ3) is 4.08. The summed E-state index contributed by atoms with van der Waals surface area (Å²) in [5, 5.41) is 2.85. The van der Waals surface area contributed by atoms with Crippen LogP contribution in [0.2, 0.25) is 0 Å². The molecule has 0 heterocycles. The van der Waals surface area contributed by atoms with E-state index in [0.29, 0.717) is 0 Å². The van der Waals surface area contributed by atoms with Crippen molar-refractivity contribution in [1.82, 2.24) is 5.32 Å². The molecule has 15 heavy (non-hydrogen) atoms. The summed E-state index contributed by atoms with van der Waals surface area (Å²) < 4.78 is 10.5. The highest BCUT2D eigenvalue weighted by Crippen LogP contribution is 2.21. The molecule has 0 bridgehead atoms. The first-order valence-corrected chi connectivity index (χ1v) is 5.44. The molecule has 88 valence electrons. The molecule has 0 spiro atoms. The fraction of sp³-hybridized carbons (Fsp3) is 0.909. The summed E-state index contributed by atoms with van der Waals surface area (Å²) in [5.74, 6) is 0. The lowest BCUT2D eigenvalue weighted by molar-refractivity contribution is 0.0392. The minimum absolute atomic E-state index is 0.102. The van der Waals surface area contributed by atoms with Gasteiger partial charge in [-0.2, -0.15) is 0 Å². The molecule has 4 nitrogen and oxygen atoms in total. The topological polar surface area (TPSA) is 47.6 Å². The van der Waals surface area contributed by atoms with E-state index in [4.69, 9.17) is 9.47 Å². The molecule has 0 aromatic heterocycles. The van der Waals surface area contributed by atoms with Gasteiger partial charge in [0.2, 0.25) is 0 Å². The van der Waals surface area contributed by atoms with Gasteiger partial charge in [-0.25, -0.2) is 4.79 Å². The van der Waals surface area contributed by atoms with Crippen molar-refractivity contribution < 1.29 is 14.3 Å². The highest BCUT2D eigenvalue weighted by atomic mass is 16.6. The van der Waals surface area contributed by atoms with Gasteiger partial charge in [-0.05, 0) is 40.0 Å². The Kier molecular flexibility index (Phi) is 3.97. The third-order valence-corrected chi connectivity index (χ3v) is 2.46. The highest BCUT2D eigenvalue weighted by Gasteiger charge is 2.29. The molecule has 4 heteroatoms. The van der Waals surface area contributed by atoms with Crippen LogP contribution in [0.3, 0.4) is 0 Å². The first kappa shape index (κ1) is 12.3. The van der Waals surface area contributed by atoms with E-state index in [1.54, 1.807) is 7.11 Å². The van der Waals surface area contributed by atoms with Crippen LogP contribution in [0.25, 0.3) is 0 Å². The summed E-state index contributed by atoms with van der Waals surface area (Å²) in [7, 11) is 1.68. The van der Waals surface area contributed by atoms with Crippen LogP contribution >= 0.6 is 0 Å². The Morgan fingerprint density at radius 3 is 2.53 bits per heavy atom. The molecule has 0 aromatic carbocycles. The fourth-order valence-electron chi connectivity index (χ4n) is 1.83. The molecule has 1 unspecified atom stereocenters. The van der Waals surface area contributed by atoms with Crippen molar-refractivity contribution in [2.45, 2.75) is 57.8 Å². The summed E-state index contributed by atoms with van der Waals surface area (Å²) in [6, 6.07) is 0.102. The first-order chi connectivity index (χ1) is 6.92. The van der Waals surface area contributed by atoms with Crippen LogP contribution in [0, 0.1) is 0 Å². The third-order valence-electron chi connectivity index (χ3n) is 2.46. The number of carbonyl (C=O) groups excluding carboxylic acids is 1. The van der Waals surface area contributed by atoms with Crippen LogP contribution in [0.5, 0.6) is 0 Å². The monoisotopic (exact) mass is 215 g/mol. The standard InChI is InChI=1S/C11H21NO3/c1-11(2,3)15-10(13)12-8-6-5-7-9(8)14-4/h8-9H,5-7H2,1-4H3,(H,12,13)/t8-,9?/m0/s1. The SMILES string of the molecule is COC1CCC[C@@H]1NC(=O)OC(C)(C)C. The van der Waals surface area contributed by atoms with E-state index in [0.717, 1.165) is 19.3 Å². The number of alkyl carbamates (subject to hydrolysis) is 1. The van der Waals surface area contributed by atoms with Gasteiger partial charge < -0.3 is 14.8 Å². The Bertz CT molecular complexity index is 222. The molecule has 1 N–H and O–H groups in total. The Labute approximate surface area is 91.3 Å². The lowest BCUT2D eigenvalue weighted by atomic mass is 10.2. The van der Waals surface area contributed by atoms with Gasteiger partial charge in [0.1, 0.15) is 5.60 Å². The van der Waals surface area contributed by atoms with Crippen LogP contribution in [0.15, 0.2) is 0 Å². The van der Waals surface area contributed by atoms with Crippen LogP contribution in [-0.2, 0) is 9.47 Å². The number of rotatable bonds is 2. The Morgan fingerprint density at radius 1 is 1.33 bits per heavy atom. The van der Waals surface area contributed by atoms with Gasteiger partial charge in [-0.15, -0.1) is 0 Å². The summed E-state index contributed by atoms with van der Waals surface area (Å²) in [5.41, 5.74) is -0.439. The second-order valence-corrected chi connectivity index (χ2v) is 4.96. The van der Waals surface area contributed by atoms with E-state index in [1.165, 1.54) is 0 Å². The lowest BCUT2D eigenvalue weighted by Gasteiger charge is -2.24. The van der Waals surface area contributed by atoms with E-state index in [2.05, 4.69) is 5.32 Å². The summed E-state index contributed by atoms with van der Waals surface area (Å²) in [6.07, 6.45) is 2.86. The number of carbonyl (C=O) groups is 1. The molecule has 1 aliphatic rings. The largest absolute Gasteiger partial charge is 0.444 e. The fourth-order valence-corrected chi connectivity index (χ4v) is 1.83. The normalized spacial score (nSPS) is 26.4. The predicted molar refractivity (Wildman–Crippen MR) is 57.8 cm³/mol.